The summed E-state index contributed by atoms with van der Waals surface area (Å²) in [7, 11) is 1.67. The molecule has 2 heterocycles. The third-order valence-electron chi connectivity index (χ3n) is 5.96. The van der Waals surface area contributed by atoms with E-state index in [0.717, 1.165) is 37.4 Å². The number of carbonyl (C=O) groups excluding carboxylic acids is 2. The molecule has 34 heavy (non-hydrogen) atoms. The zero-order valence-corrected chi connectivity index (χ0v) is 19.4. The molecular weight excluding hydrogens is 434 g/mol. The molecule has 0 atom stereocenters. The number of nitrogens with zero attached hydrogens (tertiary/aromatic N) is 4. The van der Waals surface area contributed by atoms with E-state index in [-0.39, 0.29) is 30.0 Å². The Labute approximate surface area is 197 Å². The average Bonchev–Trinajstić information content (AvgIpc) is 3.14. The minimum atomic E-state index is -0.381. The molecule has 3 aromatic rings. The topological polar surface area (TPSA) is 98.5 Å². The van der Waals surface area contributed by atoms with Crippen molar-refractivity contribution < 1.29 is 14.3 Å². The van der Waals surface area contributed by atoms with Crippen molar-refractivity contribution in [3.63, 3.8) is 0 Å². The van der Waals surface area contributed by atoms with Crippen LogP contribution in [0, 0.1) is 0 Å². The molecule has 0 unspecified atom stereocenters. The van der Waals surface area contributed by atoms with Gasteiger partial charge in [-0.05, 0) is 69.3 Å². The molecular formula is C25H29N5O4. The highest BCUT2D eigenvalue weighted by atomic mass is 16.5. The zero-order valence-electron chi connectivity index (χ0n) is 19.4. The van der Waals surface area contributed by atoms with Crippen molar-refractivity contribution in [1.29, 1.82) is 0 Å². The van der Waals surface area contributed by atoms with E-state index in [9.17, 15) is 14.4 Å². The molecule has 0 saturated carbocycles. The van der Waals surface area contributed by atoms with Gasteiger partial charge >= 0.3 is 11.7 Å². The van der Waals surface area contributed by atoms with Gasteiger partial charge in [-0.2, -0.15) is 5.10 Å². The van der Waals surface area contributed by atoms with Crippen molar-refractivity contribution in [2.45, 2.75) is 25.7 Å². The predicted molar refractivity (Wildman–Crippen MR) is 128 cm³/mol. The Bertz CT molecular complexity index is 1190. The summed E-state index contributed by atoms with van der Waals surface area (Å²) in [5.74, 6) is 0.420. The fourth-order valence-electron chi connectivity index (χ4n) is 4.22. The van der Waals surface area contributed by atoms with Crippen LogP contribution in [-0.4, -0.2) is 57.4 Å². The third-order valence-corrected chi connectivity index (χ3v) is 5.96. The minimum Gasteiger partial charge on any atom is -0.462 e. The number of aromatic nitrogens is 3. The van der Waals surface area contributed by atoms with Gasteiger partial charge in [-0.3, -0.25) is 9.69 Å². The summed E-state index contributed by atoms with van der Waals surface area (Å²) >= 11 is 0. The number of ether oxygens (including phenoxy) is 1. The van der Waals surface area contributed by atoms with Gasteiger partial charge in [-0.1, -0.05) is 18.2 Å². The van der Waals surface area contributed by atoms with Crippen molar-refractivity contribution >= 4 is 17.6 Å². The van der Waals surface area contributed by atoms with Crippen LogP contribution in [0.3, 0.4) is 0 Å². The molecule has 1 aliphatic heterocycles. The molecule has 1 amide bonds. The van der Waals surface area contributed by atoms with E-state index in [0.29, 0.717) is 17.9 Å². The van der Waals surface area contributed by atoms with Gasteiger partial charge in [-0.15, -0.1) is 0 Å². The summed E-state index contributed by atoms with van der Waals surface area (Å²) < 4.78 is 8.04. The second-order valence-electron chi connectivity index (χ2n) is 8.33. The molecule has 178 valence electrons. The van der Waals surface area contributed by atoms with Crippen molar-refractivity contribution in [2.24, 2.45) is 7.05 Å². The summed E-state index contributed by atoms with van der Waals surface area (Å²) in [4.78, 5) is 39.1. The molecule has 1 aromatic heterocycles. The van der Waals surface area contributed by atoms with Crippen molar-refractivity contribution in [1.82, 2.24) is 19.2 Å². The van der Waals surface area contributed by atoms with E-state index < -0.39 is 0 Å². The Morgan fingerprint density at radius 3 is 2.38 bits per heavy atom. The Hall–Kier alpha value is -3.72. The van der Waals surface area contributed by atoms with Gasteiger partial charge in [0.2, 0.25) is 5.91 Å². The van der Waals surface area contributed by atoms with Gasteiger partial charge in [0, 0.05) is 18.7 Å². The van der Waals surface area contributed by atoms with E-state index in [2.05, 4.69) is 15.3 Å². The first-order valence-electron chi connectivity index (χ1n) is 11.5. The first-order valence-corrected chi connectivity index (χ1v) is 11.5. The molecule has 1 fully saturated rings. The first-order chi connectivity index (χ1) is 16.5. The quantitative estimate of drug-likeness (QED) is 0.541. The molecule has 1 saturated heterocycles. The molecule has 0 spiro atoms. The third kappa shape index (κ3) is 5.26. The summed E-state index contributed by atoms with van der Waals surface area (Å²) in [6.45, 7) is 3.82. The number of benzene rings is 2. The van der Waals surface area contributed by atoms with Gasteiger partial charge in [0.1, 0.15) is 5.82 Å². The van der Waals surface area contributed by atoms with Crippen LogP contribution in [0.1, 0.15) is 41.9 Å². The van der Waals surface area contributed by atoms with E-state index >= 15 is 0 Å². The molecule has 2 aromatic carbocycles. The van der Waals surface area contributed by atoms with E-state index in [1.54, 1.807) is 42.8 Å². The molecule has 1 N–H and O–H groups in total. The summed E-state index contributed by atoms with van der Waals surface area (Å²) in [5, 5.41) is 7.40. The highest BCUT2D eigenvalue weighted by Crippen LogP contribution is 2.27. The minimum absolute atomic E-state index is 0.110. The lowest BCUT2D eigenvalue weighted by atomic mass is 9.95. The molecule has 9 nitrogen and oxygen atoms in total. The number of rotatable bonds is 7. The number of nitrogens with one attached hydrogen (secondary N) is 1. The highest BCUT2D eigenvalue weighted by Gasteiger charge is 2.27. The van der Waals surface area contributed by atoms with Crippen LogP contribution in [-0.2, 0) is 16.6 Å². The SMILES string of the molecule is CCOC(=O)c1ccc(NC(=O)CN2CCC(c3nn(C)c(=O)n3-c3ccccc3)CC2)cc1. The Balaban J connectivity index is 1.33. The summed E-state index contributed by atoms with van der Waals surface area (Å²) in [6, 6.07) is 16.2. The normalized spacial score (nSPS) is 14.6. The van der Waals surface area contributed by atoms with Crippen LogP contribution in [0.4, 0.5) is 5.69 Å². The first kappa shape index (κ1) is 23.4. The van der Waals surface area contributed by atoms with Crippen LogP contribution in [0.5, 0.6) is 0 Å². The van der Waals surface area contributed by atoms with Crippen molar-refractivity contribution in [3.8, 4) is 5.69 Å². The van der Waals surface area contributed by atoms with Gasteiger partial charge < -0.3 is 10.1 Å². The maximum absolute atomic E-state index is 12.7. The Morgan fingerprint density at radius 1 is 1.06 bits per heavy atom. The van der Waals surface area contributed by atoms with E-state index in [4.69, 9.17) is 4.74 Å². The van der Waals surface area contributed by atoms with E-state index in [1.807, 2.05) is 30.3 Å². The molecule has 4 rings (SSSR count). The number of piperidine rings is 1. The smallest absolute Gasteiger partial charge is 0.350 e. The molecule has 0 aliphatic carbocycles. The lowest BCUT2D eigenvalue weighted by molar-refractivity contribution is -0.117. The Morgan fingerprint density at radius 2 is 1.74 bits per heavy atom. The highest BCUT2D eigenvalue weighted by molar-refractivity contribution is 5.94. The van der Waals surface area contributed by atoms with Crippen LogP contribution in [0.2, 0.25) is 0 Å². The van der Waals surface area contributed by atoms with Gasteiger partial charge in [0.25, 0.3) is 0 Å². The standard InChI is InChI=1S/C25H29N5O4/c1-3-34-24(32)19-9-11-20(12-10-19)26-22(31)17-29-15-13-18(14-16-29)23-27-28(2)25(33)30(23)21-7-5-4-6-8-21/h4-12,18H,3,13-17H2,1-2H3,(H,26,31). The lowest BCUT2D eigenvalue weighted by Gasteiger charge is -2.31. The zero-order chi connectivity index (χ0) is 24.1. The second kappa shape index (κ2) is 10.5. The molecule has 0 radical (unpaired) electrons. The maximum atomic E-state index is 12.7. The number of anilines is 1. The fourth-order valence-corrected chi connectivity index (χ4v) is 4.22. The number of carbonyl (C=O) groups is 2. The number of likely N-dealkylation sites (tertiary alicyclic amines) is 1. The average molecular weight is 464 g/mol. The number of esters is 1. The van der Waals surface area contributed by atoms with Gasteiger partial charge in [0.15, 0.2) is 0 Å². The van der Waals surface area contributed by atoms with Gasteiger partial charge in [-0.25, -0.2) is 18.8 Å². The number of amides is 1. The number of hydrogen-bond donors (Lipinski definition) is 1. The summed E-state index contributed by atoms with van der Waals surface area (Å²) in [5.41, 5.74) is 1.74. The molecule has 0 bridgehead atoms. The van der Waals surface area contributed by atoms with Crippen LogP contribution < -0.4 is 11.0 Å². The monoisotopic (exact) mass is 463 g/mol. The second-order valence-corrected chi connectivity index (χ2v) is 8.33. The predicted octanol–water partition coefficient (Wildman–Crippen LogP) is 2.57. The lowest BCUT2D eigenvalue weighted by Crippen LogP contribution is -2.39. The van der Waals surface area contributed by atoms with Crippen LogP contribution in [0.25, 0.3) is 5.69 Å². The van der Waals surface area contributed by atoms with E-state index in [1.165, 1.54) is 4.68 Å². The molecule has 1 aliphatic rings. The Kier molecular flexibility index (Phi) is 7.22. The largest absolute Gasteiger partial charge is 0.462 e. The van der Waals surface area contributed by atoms with Gasteiger partial charge in [0.05, 0.1) is 24.4 Å². The van der Waals surface area contributed by atoms with Crippen LogP contribution >= 0.6 is 0 Å². The van der Waals surface area contributed by atoms with Crippen molar-refractivity contribution in [3.05, 3.63) is 76.5 Å². The number of aryl methyl sites for hydroxylation is 1. The van der Waals surface area contributed by atoms with Crippen LogP contribution in [0.15, 0.2) is 59.4 Å². The molecule has 9 heteroatoms. The summed E-state index contributed by atoms with van der Waals surface area (Å²) in [6.07, 6.45) is 1.62. The van der Waals surface area contributed by atoms with Crippen molar-refractivity contribution in [2.75, 3.05) is 31.6 Å². The number of para-hydroxylation sites is 1. The fraction of sp³-hybridized carbons (Fsp3) is 0.360. The number of hydrogen-bond acceptors (Lipinski definition) is 6. The maximum Gasteiger partial charge on any atom is 0.350 e.